The topological polar surface area (TPSA) is 102 Å². The molecular weight excluding hydrogens is 388 g/mol. The largest absolute Gasteiger partial charge is 0.497 e. The number of urea groups is 1. The van der Waals surface area contributed by atoms with Gasteiger partial charge in [0, 0.05) is 5.56 Å². The third-order valence-electron chi connectivity index (χ3n) is 4.97. The maximum absolute atomic E-state index is 12.8. The minimum Gasteiger partial charge on any atom is -0.497 e. The number of carbonyl (C=O) groups excluding carboxylic acids is 4. The van der Waals surface area contributed by atoms with Gasteiger partial charge in [-0.3, -0.25) is 19.3 Å². The number of ether oxygens (including phenoxy) is 2. The SMILES string of the molecule is COc1ccc(C(=O)COC(=O)CN2C(=O)N[C@](C)(c3ccc(C)cc3)C2=O)cc1. The van der Waals surface area contributed by atoms with Crippen LogP contribution in [0.3, 0.4) is 0 Å². The van der Waals surface area contributed by atoms with Crippen molar-refractivity contribution in [2.75, 3.05) is 20.3 Å². The molecule has 3 rings (SSSR count). The third-order valence-corrected chi connectivity index (χ3v) is 4.97. The molecule has 8 nitrogen and oxygen atoms in total. The number of Topliss-reactive ketones (excluding diaryl/α,β-unsaturated/α-hetero) is 1. The van der Waals surface area contributed by atoms with Crippen molar-refractivity contribution in [1.82, 2.24) is 10.2 Å². The van der Waals surface area contributed by atoms with E-state index in [0.29, 0.717) is 16.9 Å². The Kier molecular flexibility index (Phi) is 5.86. The van der Waals surface area contributed by atoms with E-state index in [1.807, 2.05) is 19.1 Å². The van der Waals surface area contributed by atoms with E-state index in [1.54, 1.807) is 43.3 Å². The van der Waals surface area contributed by atoms with Gasteiger partial charge in [-0.2, -0.15) is 0 Å². The number of esters is 1. The highest BCUT2D eigenvalue weighted by Crippen LogP contribution is 2.28. The van der Waals surface area contributed by atoms with Gasteiger partial charge in [0.05, 0.1) is 7.11 Å². The van der Waals surface area contributed by atoms with Crippen LogP contribution >= 0.6 is 0 Å². The predicted octanol–water partition coefficient (Wildman–Crippen LogP) is 2.20. The quantitative estimate of drug-likeness (QED) is 0.427. The maximum Gasteiger partial charge on any atom is 0.326 e. The van der Waals surface area contributed by atoms with Crippen LogP contribution in [-0.4, -0.2) is 48.9 Å². The van der Waals surface area contributed by atoms with Gasteiger partial charge in [-0.05, 0) is 43.7 Å². The number of hydrogen-bond donors (Lipinski definition) is 1. The zero-order valence-corrected chi connectivity index (χ0v) is 16.9. The molecule has 1 heterocycles. The highest BCUT2D eigenvalue weighted by Gasteiger charge is 2.49. The van der Waals surface area contributed by atoms with Gasteiger partial charge >= 0.3 is 12.0 Å². The molecule has 1 N–H and O–H groups in total. The molecular formula is C22H22N2O6. The second-order valence-electron chi connectivity index (χ2n) is 7.12. The molecule has 30 heavy (non-hydrogen) atoms. The number of hydrogen-bond acceptors (Lipinski definition) is 6. The van der Waals surface area contributed by atoms with Gasteiger partial charge in [-0.15, -0.1) is 0 Å². The number of carbonyl (C=O) groups is 4. The lowest BCUT2D eigenvalue weighted by atomic mass is 9.91. The van der Waals surface area contributed by atoms with Crippen molar-refractivity contribution in [1.29, 1.82) is 0 Å². The summed E-state index contributed by atoms with van der Waals surface area (Å²) >= 11 is 0. The van der Waals surface area contributed by atoms with Crippen molar-refractivity contribution in [2.24, 2.45) is 0 Å². The molecule has 0 unspecified atom stereocenters. The van der Waals surface area contributed by atoms with E-state index < -0.39 is 42.4 Å². The van der Waals surface area contributed by atoms with Crippen molar-refractivity contribution in [3.8, 4) is 5.75 Å². The van der Waals surface area contributed by atoms with Crippen LogP contribution in [0.5, 0.6) is 5.75 Å². The van der Waals surface area contributed by atoms with Crippen LogP contribution in [0.2, 0.25) is 0 Å². The van der Waals surface area contributed by atoms with Gasteiger partial charge in [-0.25, -0.2) is 4.79 Å². The Morgan fingerprint density at radius 2 is 1.67 bits per heavy atom. The van der Waals surface area contributed by atoms with Crippen LogP contribution in [-0.2, 0) is 19.9 Å². The van der Waals surface area contributed by atoms with Crippen LogP contribution < -0.4 is 10.1 Å². The monoisotopic (exact) mass is 410 g/mol. The van der Waals surface area contributed by atoms with Crippen molar-refractivity contribution in [3.05, 3.63) is 65.2 Å². The summed E-state index contributed by atoms with van der Waals surface area (Å²) in [5.41, 5.74) is 0.702. The summed E-state index contributed by atoms with van der Waals surface area (Å²) in [6, 6.07) is 12.8. The van der Waals surface area contributed by atoms with E-state index in [1.165, 1.54) is 7.11 Å². The Balaban J connectivity index is 1.60. The summed E-state index contributed by atoms with van der Waals surface area (Å²) < 4.78 is 9.99. The number of benzene rings is 2. The second-order valence-corrected chi connectivity index (χ2v) is 7.12. The normalized spacial score (nSPS) is 18.2. The standard InChI is InChI=1S/C22H22N2O6/c1-14-4-8-16(9-5-14)22(2)20(27)24(21(28)23-22)12-19(26)30-13-18(25)15-6-10-17(29-3)11-7-15/h4-11H,12-13H2,1-3H3,(H,23,28)/t22-/m1/s1. The van der Waals surface area contributed by atoms with Crippen molar-refractivity contribution >= 4 is 23.7 Å². The fraction of sp³-hybridized carbons (Fsp3) is 0.273. The predicted molar refractivity (Wildman–Crippen MR) is 107 cm³/mol. The Morgan fingerprint density at radius 3 is 2.27 bits per heavy atom. The second kappa shape index (κ2) is 8.36. The summed E-state index contributed by atoms with van der Waals surface area (Å²) in [5.74, 6) is -1.23. The number of rotatable bonds is 7. The molecule has 156 valence electrons. The zero-order chi connectivity index (χ0) is 21.9. The van der Waals surface area contributed by atoms with Crippen molar-refractivity contribution in [2.45, 2.75) is 19.4 Å². The molecule has 1 atom stereocenters. The average molecular weight is 410 g/mol. The molecule has 8 heteroatoms. The van der Waals surface area contributed by atoms with Crippen LogP contribution in [0.1, 0.15) is 28.4 Å². The van der Waals surface area contributed by atoms with Gasteiger partial charge in [0.2, 0.25) is 0 Å². The fourth-order valence-corrected chi connectivity index (χ4v) is 3.10. The van der Waals surface area contributed by atoms with E-state index in [-0.39, 0.29) is 0 Å². The molecule has 1 saturated heterocycles. The molecule has 0 saturated carbocycles. The molecule has 1 aliphatic heterocycles. The van der Waals surface area contributed by atoms with Gasteiger partial charge in [0.1, 0.15) is 17.8 Å². The summed E-state index contributed by atoms with van der Waals surface area (Å²) in [6.07, 6.45) is 0. The number of nitrogens with zero attached hydrogens (tertiary/aromatic N) is 1. The first-order valence-electron chi connectivity index (χ1n) is 9.28. The molecule has 0 radical (unpaired) electrons. The molecule has 1 fully saturated rings. The van der Waals surface area contributed by atoms with E-state index in [4.69, 9.17) is 9.47 Å². The third kappa shape index (κ3) is 4.17. The molecule has 0 aliphatic carbocycles. The average Bonchev–Trinajstić information content (AvgIpc) is 2.96. The Labute approximate surface area is 173 Å². The molecule has 3 amide bonds. The highest BCUT2D eigenvalue weighted by molar-refractivity contribution is 6.09. The zero-order valence-electron chi connectivity index (χ0n) is 16.9. The lowest BCUT2D eigenvalue weighted by molar-refractivity contribution is -0.146. The van der Waals surface area contributed by atoms with Gasteiger partial charge < -0.3 is 14.8 Å². The highest BCUT2D eigenvalue weighted by atomic mass is 16.5. The van der Waals surface area contributed by atoms with Crippen molar-refractivity contribution in [3.63, 3.8) is 0 Å². The van der Waals surface area contributed by atoms with Crippen LogP contribution in [0.25, 0.3) is 0 Å². The van der Waals surface area contributed by atoms with E-state index in [0.717, 1.165) is 10.5 Å². The minimum atomic E-state index is -1.27. The molecule has 0 aromatic heterocycles. The van der Waals surface area contributed by atoms with Gasteiger partial charge in [0.15, 0.2) is 12.4 Å². The Hall–Kier alpha value is -3.68. The molecule has 2 aromatic carbocycles. The molecule has 0 bridgehead atoms. The van der Waals surface area contributed by atoms with Crippen LogP contribution in [0.15, 0.2) is 48.5 Å². The van der Waals surface area contributed by atoms with Gasteiger partial charge in [-0.1, -0.05) is 29.8 Å². The summed E-state index contributed by atoms with van der Waals surface area (Å²) in [6.45, 7) is 2.42. The molecule has 1 aliphatic rings. The summed E-state index contributed by atoms with van der Waals surface area (Å²) in [7, 11) is 1.51. The first kappa shape index (κ1) is 21.0. The fourth-order valence-electron chi connectivity index (χ4n) is 3.10. The number of imide groups is 1. The lowest BCUT2D eigenvalue weighted by Gasteiger charge is -2.22. The smallest absolute Gasteiger partial charge is 0.326 e. The first-order valence-corrected chi connectivity index (χ1v) is 9.28. The Morgan fingerprint density at radius 1 is 1.03 bits per heavy atom. The van der Waals surface area contributed by atoms with Crippen LogP contribution in [0.4, 0.5) is 4.79 Å². The minimum absolute atomic E-state index is 0.352. The maximum atomic E-state index is 12.8. The number of ketones is 1. The summed E-state index contributed by atoms with van der Waals surface area (Å²) in [4.78, 5) is 50.2. The molecule has 0 spiro atoms. The van der Waals surface area contributed by atoms with Crippen LogP contribution in [0, 0.1) is 6.92 Å². The number of amides is 3. The van der Waals surface area contributed by atoms with E-state index in [2.05, 4.69) is 5.32 Å². The Bertz CT molecular complexity index is 984. The van der Waals surface area contributed by atoms with E-state index in [9.17, 15) is 19.2 Å². The van der Waals surface area contributed by atoms with Crippen molar-refractivity contribution < 1.29 is 28.7 Å². The summed E-state index contributed by atoms with van der Waals surface area (Å²) in [5, 5.41) is 2.62. The lowest BCUT2D eigenvalue weighted by Crippen LogP contribution is -2.41. The number of nitrogens with one attached hydrogen (secondary N) is 1. The molecule has 2 aromatic rings. The number of aryl methyl sites for hydroxylation is 1. The first-order chi connectivity index (χ1) is 14.2. The number of methoxy groups -OCH3 is 1. The van der Waals surface area contributed by atoms with Gasteiger partial charge in [0.25, 0.3) is 5.91 Å². The van der Waals surface area contributed by atoms with E-state index >= 15 is 0 Å².